The minimum absolute atomic E-state index is 0.719. The van der Waals surface area contributed by atoms with E-state index in [-0.39, 0.29) is 0 Å². The second-order valence-electron chi connectivity index (χ2n) is 4.74. The molecule has 0 fully saturated rings. The topological polar surface area (TPSA) is 71.2 Å². The van der Waals surface area contributed by atoms with Crippen LogP contribution in [0.1, 0.15) is 11.4 Å². The fourth-order valence-corrected chi connectivity index (χ4v) is 2.79. The standard InChI is InChI=1S/C14H13BrN4O2/c15-12-7-11(3-1-10(12)2-4-14(20)21)18-5-6-19-9-16-17-13(19)8-18/h1-4,7,9H,5-6,8H2,(H,20,21)/b4-2+. The average molecular weight is 349 g/mol. The van der Waals surface area contributed by atoms with Crippen molar-refractivity contribution in [3.8, 4) is 0 Å². The molecule has 0 radical (unpaired) electrons. The van der Waals surface area contributed by atoms with Gasteiger partial charge in [0.25, 0.3) is 0 Å². The molecule has 2 heterocycles. The number of nitrogens with zero attached hydrogens (tertiary/aromatic N) is 4. The highest BCUT2D eigenvalue weighted by molar-refractivity contribution is 9.10. The highest BCUT2D eigenvalue weighted by atomic mass is 79.9. The number of hydrogen-bond donors (Lipinski definition) is 1. The summed E-state index contributed by atoms with van der Waals surface area (Å²) < 4.78 is 2.92. The predicted octanol–water partition coefficient (Wildman–Crippen LogP) is 2.16. The lowest BCUT2D eigenvalue weighted by atomic mass is 10.1. The van der Waals surface area contributed by atoms with Crippen molar-refractivity contribution in [3.05, 3.63) is 46.5 Å². The van der Waals surface area contributed by atoms with E-state index in [0.29, 0.717) is 0 Å². The molecule has 7 heteroatoms. The first-order valence-electron chi connectivity index (χ1n) is 6.45. The molecule has 108 valence electrons. The number of carbonyl (C=O) groups is 1. The van der Waals surface area contributed by atoms with Crippen molar-refractivity contribution >= 4 is 33.7 Å². The van der Waals surface area contributed by atoms with Gasteiger partial charge >= 0.3 is 5.97 Å². The van der Waals surface area contributed by atoms with Crippen LogP contribution in [0.3, 0.4) is 0 Å². The van der Waals surface area contributed by atoms with E-state index in [1.807, 2.05) is 18.2 Å². The summed E-state index contributed by atoms with van der Waals surface area (Å²) in [6, 6.07) is 5.88. The van der Waals surface area contributed by atoms with Crippen molar-refractivity contribution in [2.45, 2.75) is 13.1 Å². The fraction of sp³-hybridized carbons (Fsp3) is 0.214. The third-order valence-corrected chi connectivity index (χ3v) is 4.08. The van der Waals surface area contributed by atoms with E-state index in [9.17, 15) is 4.79 Å². The van der Waals surface area contributed by atoms with Crippen LogP contribution in [0.2, 0.25) is 0 Å². The molecule has 0 spiro atoms. The van der Waals surface area contributed by atoms with Gasteiger partial charge in [-0.15, -0.1) is 10.2 Å². The van der Waals surface area contributed by atoms with E-state index in [1.165, 1.54) is 0 Å². The molecule has 1 aliphatic rings. The summed E-state index contributed by atoms with van der Waals surface area (Å²) in [5.74, 6) is -0.00596. The van der Waals surface area contributed by atoms with E-state index in [0.717, 1.165) is 47.3 Å². The van der Waals surface area contributed by atoms with Gasteiger partial charge in [-0.3, -0.25) is 0 Å². The van der Waals surface area contributed by atoms with Crippen LogP contribution in [0.25, 0.3) is 6.08 Å². The van der Waals surface area contributed by atoms with E-state index < -0.39 is 5.97 Å². The number of fused-ring (bicyclic) bond motifs is 1. The summed E-state index contributed by atoms with van der Waals surface area (Å²) in [6.07, 6.45) is 4.45. The quantitative estimate of drug-likeness (QED) is 0.860. The van der Waals surface area contributed by atoms with E-state index in [2.05, 4.69) is 35.6 Å². The van der Waals surface area contributed by atoms with Crippen molar-refractivity contribution < 1.29 is 9.90 Å². The molecule has 0 saturated carbocycles. The van der Waals surface area contributed by atoms with Gasteiger partial charge in [-0.05, 0) is 23.8 Å². The molecule has 21 heavy (non-hydrogen) atoms. The Bertz CT molecular complexity index is 711. The van der Waals surface area contributed by atoms with Gasteiger partial charge in [0.05, 0.1) is 6.54 Å². The number of benzene rings is 1. The molecule has 1 N–H and O–H groups in total. The number of rotatable bonds is 3. The maximum Gasteiger partial charge on any atom is 0.328 e. The Morgan fingerprint density at radius 3 is 3.00 bits per heavy atom. The summed E-state index contributed by atoms with van der Waals surface area (Å²) in [4.78, 5) is 12.8. The minimum Gasteiger partial charge on any atom is -0.478 e. The van der Waals surface area contributed by atoms with Crippen molar-refractivity contribution in [2.24, 2.45) is 0 Å². The molecule has 1 aliphatic heterocycles. The second kappa shape index (κ2) is 5.69. The highest BCUT2D eigenvalue weighted by Gasteiger charge is 2.18. The molecule has 0 aliphatic carbocycles. The Kier molecular flexibility index (Phi) is 3.74. The van der Waals surface area contributed by atoms with Crippen molar-refractivity contribution in [1.82, 2.24) is 14.8 Å². The van der Waals surface area contributed by atoms with E-state index in [1.54, 1.807) is 12.4 Å². The maximum absolute atomic E-state index is 10.6. The first-order chi connectivity index (χ1) is 10.1. The Morgan fingerprint density at radius 1 is 1.38 bits per heavy atom. The summed E-state index contributed by atoms with van der Waals surface area (Å²) in [6.45, 7) is 2.47. The molecular weight excluding hydrogens is 336 g/mol. The summed E-state index contributed by atoms with van der Waals surface area (Å²) in [5.41, 5.74) is 1.91. The molecule has 0 saturated heterocycles. The maximum atomic E-state index is 10.6. The highest BCUT2D eigenvalue weighted by Crippen LogP contribution is 2.27. The molecule has 0 atom stereocenters. The van der Waals surface area contributed by atoms with Crippen LogP contribution in [0.5, 0.6) is 0 Å². The fourth-order valence-electron chi connectivity index (χ4n) is 2.30. The summed E-state index contributed by atoms with van der Waals surface area (Å²) in [7, 11) is 0. The van der Waals surface area contributed by atoms with Crippen LogP contribution in [-0.2, 0) is 17.9 Å². The van der Waals surface area contributed by atoms with Gasteiger partial charge in [-0.25, -0.2) is 4.79 Å². The zero-order valence-electron chi connectivity index (χ0n) is 11.1. The van der Waals surface area contributed by atoms with E-state index in [4.69, 9.17) is 5.11 Å². The molecule has 0 unspecified atom stereocenters. The van der Waals surface area contributed by atoms with Crippen molar-refractivity contribution in [3.63, 3.8) is 0 Å². The van der Waals surface area contributed by atoms with Gasteiger partial charge in [-0.2, -0.15) is 0 Å². The largest absolute Gasteiger partial charge is 0.478 e. The molecule has 6 nitrogen and oxygen atoms in total. The van der Waals surface area contributed by atoms with Crippen LogP contribution in [0, 0.1) is 0 Å². The molecule has 1 aromatic carbocycles. The molecule has 0 bridgehead atoms. The number of carboxylic acid groups (broad SMARTS) is 1. The average Bonchev–Trinajstić information content (AvgIpc) is 2.93. The predicted molar refractivity (Wildman–Crippen MR) is 81.9 cm³/mol. The normalized spacial score (nSPS) is 14.4. The SMILES string of the molecule is O=C(O)/C=C/c1ccc(N2CCn3cnnc3C2)cc1Br. The lowest BCUT2D eigenvalue weighted by Crippen LogP contribution is -2.33. The Morgan fingerprint density at radius 2 is 2.24 bits per heavy atom. The van der Waals surface area contributed by atoms with Gasteiger partial charge < -0.3 is 14.6 Å². The van der Waals surface area contributed by atoms with Crippen LogP contribution in [0.4, 0.5) is 5.69 Å². The van der Waals surface area contributed by atoms with Crippen LogP contribution in [-0.4, -0.2) is 32.4 Å². The first kappa shape index (κ1) is 13.8. The number of aromatic nitrogens is 3. The summed E-state index contributed by atoms with van der Waals surface area (Å²) in [5, 5.41) is 16.7. The van der Waals surface area contributed by atoms with E-state index >= 15 is 0 Å². The van der Waals surface area contributed by atoms with Gasteiger partial charge in [0.15, 0.2) is 5.82 Å². The Balaban J connectivity index is 1.81. The monoisotopic (exact) mass is 348 g/mol. The van der Waals surface area contributed by atoms with Crippen LogP contribution < -0.4 is 4.90 Å². The lowest BCUT2D eigenvalue weighted by molar-refractivity contribution is -0.131. The van der Waals surface area contributed by atoms with Gasteiger partial charge in [0.2, 0.25) is 0 Å². The van der Waals surface area contributed by atoms with Gasteiger partial charge in [0, 0.05) is 29.3 Å². The molecule has 1 aromatic heterocycles. The summed E-state index contributed by atoms with van der Waals surface area (Å²) >= 11 is 3.48. The molecule has 0 amide bonds. The zero-order chi connectivity index (χ0) is 14.8. The smallest absolute Gasteiger partial charge is 0.328 e. The number of aliphatic carboxylic acids is 1. The number of halogens is 1. The third kappa shape index (κ3) is 2.97. The molecule has 3 rings (SSSR count). The number of hydrogen-bond acceptors (Lipinski definition) is 4. The van der Waals surface area contributed by atoms with Gasteiger partial charge in [-0.1, -0.05) is 22.0 Å². The lowest BCUT2D eigenvalue weighted by Gasteiger charge is -2.29. The second-order valence-corrected chi connectivity index (χ2v) is 5.59. The molecular formula is C14H13BrN4O2. The third-order valence-electron chi connectivity index (χ3n) is 3.39. The van der Waals surface area contributed by atoms with Crippen LogP contribution in [0.15, 0.2) is 35.1 Å². The molecule has 2 aromatic rings. The van der Waals surface area contributed by atoms with Crippen LogP contribution >= 0.6 is 15.9 Å². The Labute approximate surface area is 129 Å². The zero-order valence-corrected chi connectivity index (χ0v) is 12.7. The number of carboxylic acids is 1. The van der Waals surface area contributed by atoms with Crippen molar-refractivity contribution in [1.29, 1.82) is 0 Å². The minimum atomic E-state index is -0.957. The van der Waals surface area contributed by atoms with Crippen molar-refractivity contribution in [2.75, 3.05) is 11.4 Å². The number of anilines is 1. The Hall–Kier alpha value is -2.15. The van der Waals surface area contributed by atoms with Gasteiger partial charge in [0.1, 0.15) is 6.33 Å². The first-order valence-corrected chi connectivity index (χ1v) is 7.25.